The molecule has 3 heterocycles. The van der Waals surface area contributed by atoms with Crippen molar-refractivity contribution in [3.8, 4) is 0 Å². The second-order valence-electron chi connectivity index (χ2n) is 24.0. The van der Waals surface area contributed by atoms with Gasteiger partial charge in [-0.25, -0.2) is 0 Å². The second kappa shape index (κ2) is 34.8. The summed E-state index contributed by atoms with van der Waals surface area (Å²) in [6.07, 6.45) is 2.33. The van der Waals surface area contributed by atoms with Crippen LogP contribution in [0.5, 0.6) is 0 Å². The second-order valence-corrected chi connectivity index (χ2v) is 26.7. The fraction of sp³-hybridized carbons (Fsp3) is 0.338. The van der Waals surface area contributed by atoms with Gasteiger partial charge in [0.1, 0.15) is 36.3 Å². The summed E-state index contributed by atoms with van der Waals surface area (Å²) in [6.45, 7) is 0.398. The zero-order valence-corrected chi connectivity index (χ0v) is 55.0. The number of aromatic amines is 2. The Labute approximate surface area is 564 Å². The average Bonchev–Trinajstić information content (AvgIpc) is 1.57. The average molecular weight is 1340 g/mol. The van der Waals surface area contributed by atoms with Gasteiger partial charge in [-0.15, -0.1) is 0 Å². The Balaban J connectivity index is 1.10. The van der Waals surface area contributed by atoms with Gasteiger partial charge in [0.25, 0.3) is 0 Å². The number of hydrogen-bond donors (Lipinski definition) is 12. The quantitative estimate of drug-likeness (QED) is 0.0432. The highest BCUT2D eigenvalue weighted by Crippen LogP contribution is 2.25. The molecule has 96 heavy (non-hydrogen) atoms. The van der Waals surface area contributed by atoms with Gasteiger partial charge in [-0.1, -0.05) is 161 Å². The van der Waals surface area contributed by atoms with Crippen LogP contribution in [-0.2, 0) is 75.3 Å². The first-order valence-corrected chi connectivity index (χ1v) is 34.6. The summed E-state index contributed by atoms with van der Waals surface area (Å²) in [5.41, 5.74) is 23.3. The maximum atomic E-state index is 15.5. The van der Waals surface area contributed by atoms with Gasteiger partial charge in [0, 0.05) is 84.5 Å². The fourth-order valence-corrected chi connectivity index (χ4v) is 13.8. The van der Waals surface area contributed by atoms with E-state index in [1.165, 1.54) is 38.3 Å². The fourth-order valence-electron chi connectivity index (χ4n) is 11.9. The Morgan fingerprint density at radius 3 is 1.60 bits per heavy atom. The molecular weight excluding hydrogens is 1260 g/mol. The van der Waals surface area contributed by atoms with Gasteiger partial charge in [0.2, 0.25) is 53.2 Å². The molecule has 0 radical (unpaired) electrons. The molecule has 23 nitrogen and oxygen atoms in total. The van der Waals surface area contributed by atoms with E-state index in [4.69, 9.17) is 17.2 Å². The lowest BCUT2D eigenvalue weighted by atomic mass is 9.98. The minimum atomic E-state index is -1.70. The Bertz CT molecular complexity index is 4000. The molecule has 2 aromatic heterocycles. The first-order chi connectivity index (χ1) is 46.4. The largest absolute Gasteiger partial charge is 0.391 e. The molecule has 8 aromatic rings. The SMILES string of the molecule is C[C@@H](O)[C@@H]1NC(=O)[C@@H](CCCCN)NC(=O)[C@@H](Cc2c[nH]c3ccccc23)NC(=O)[C@@H](Cc2c[nH]c3ccccc23)NC(=O)[C@H](Cc2ccccc2)NC(=O)CN(C(=O)[C@@H](N)Cc2cccc3ccccc23)CCSSCCN(CC(N)=O)C(=O)[C@@H](Cc2ccccc2)NC1=O. The number of carbonyl (C=O) groups excluding carboxylic acids is 9. The molecule has 0 spiro atoms. The third-order valence-electron chi connectivity index (χ3n) is 16.9. The molecule has 504 valence electrons. The normalized spacial score (nSPS) is 20.4. The van der Waals surface area contributed by atoms with Crippen molar-refractivity contribution in [3.63, 3.8) is 0 Å². The molecule has 6 aromatic carbocycles. The van der Waals surface area contributed by atoms with E-state index < -0.39 is 115 Å². The van der Waals surface area contributed by atoms with Gasteiger partial charge in [0.05, 0.1) is 25.2 Å². The molecule has 9 rings (SSSR count). The Morgan fingerprint density at radius 2 is 1.03 bits per heavy atom. The lowest BCUT2D eigenvalue weighted by Gasteiger charge is -2.30. The molecule has 0 unspecified atom stereocenters. The van der Waals surface area contributed by atoms with Crippen LogP contribution < -0.4 is 49.1 Å². The molecule has 1 fully saturated rings. The summed E-state index contributed by atoms with van der Waals surface area (Å²) < 4.78 is 0. The molecule has 25 heteroatoms. The number of para-hydroxylation sites is 2. The molecule has 0 aliphatic carbocycles. The van der Waals surface area contributed by atoms with E-state index in [1.807, 2.05) is 91.0 Å². The van der Waals surface area contributed by atoms with Gasteiger partial charge >= 0.3 is 0 Å². The number of aliphatic hydroxyl groups excluding tert-OH is 1. The number of aliphatic hydroxyl groups is 1. The number of rotatable bonds is 18. The predicted octanol–water partition coefficient (Wildman–Crippen LogP) is 3.60. The first-order valence-electron chi connectivity index (χ1n) is 32.1. The first kappa shape index (κ1) is 70.8. The van der Waals surface area contributed by atoms with E-state index in [9.17, 15) is 33.9 Å². The van der Waals surface area contributed by atoms with E-state index in [0.29, 0.717) is 35.1 Å². The highest BCUT2D eigenvalue weighted by atomic mass is 33.1. The molecular formula is C71H83N13O10S2. The summed E-state index contributed by atoms with van der Waals surface area (Å²) in [5, 5.41) is 31.6. The maximum Gasteiger partial charge on any atom is 0.245 e. The van der Waals surface area contributed by atoms with Crippen molar-refractivity contribution in [2.75, 3.05) is 44.2 Å². The Morgan fingerprint density at radius 1 is 0.542 bits per heavy atom. The number of hydrogen-bond acceptors (Lipinski definition) is 14. The van der Waals surface area contributed by atoms with Crippen molar-refractivity contribution < 1.29 is 48.3 Å². The molecule has 0 saturated carbocycles. The molecule has 1 aliphatic rings. The van der Waals surface area contributed by atoms with Crippen LogP contribution in [0.4, 0.5) is 0 Å². The summed E-state index contributed by atoms with van der Waals surface area (Å²) in [4.78, 5) is 141. The summed E-state index contributed by atoms with van der Waals surface area (Å²) in [5.74, 6) is -6.56. The van der Waals surface area contributed by atoms with E-state index in [1.54, 1.807) is 73.1 Å². The van der Waals surface area contributed by atoms with Crippen LogP contribution in [0.2, 0.25) is 0 Å². The summed E-state index contributed by atoms with van der Waals surface area (Å²) in [7, 11) is 2.63. The van der Waals surface area contributed by atoms with Gasteiger partial charge in [-0.3, -0.25) is 43.2 Å². The van der Waals surface area contributed by atoms with Crippen LogP contribution in [-0.4, -0.2) is 171 Å². The molecule has 1 aliphatic heterocycles. The van der Waals surface area contributed by atoms with Crippen molar-refractivity contribution in [1.29, 1.82) is 0 Å². The van der Waals surface area contributed by atoms with Gasteiger partial charge in [-0.05, 0) is 89.9 Å². The van der Waals surface area contributed by atoms with Gasteiger partial charge < -0.3 is 74.0 Å². The summed E-state index contributed by atoms with van der Waals surface area (Å²) >= 11 is 0. The van der Waals surface area contributed by atoms with E-state index >= 15 is 14.4 Å². The van der Waals surface area contributed by atoms with Gasteiger partial charge in [0.15, 0.2) is 0 Å². The van der Waals surface area contributed by atoms with Crippen LogP contribution in [0, 0.1) is 0 Å². The van der Waals surface area contributed by atoms with Crippen molar-refractivity contribution in [1.82, 2.24) is 51.7 Å². The monoisotopic (exact) mass is 1340 g/mol. The van der Waals surface area contributed by atoms with Gasteiger partial charge in [-0.2, -0.15) is 0 Å². The number of amides is 9. The Hall–Kier alpha value is -9.53. The van der Waals surface area contributed by atoms with E-state index in [0.717, 1.165) is 38.1 Å². The topological polar surface area (TPSA) is 362 Å². The van der Waals surface area contributed by atoms with E-state index in [2.05, 4.69) is 41.9 Å². The van der Waals surface area contributed by atoms with Crippen LogP contribution in [0.15, 0.2) is 164 Å². The molecule has 15 N–H and O–H groups in total. The lowest BCUT2D eigenvalue weighted by molar-refractivity contribution is -0.140. The number of nitrogens with zero attached hydrogens (tertiary/aromatic N) is 2. The van der Waals surface area contributed by atoms with Crippen molar-refractivity contribution >= 4 is 107 Å². The van der Waals surface area contributed by atoms with E-state index in [-0.39, 0.29) is 69.7 Å². The third-order valence-corrected chi connectivity index (χ3v) is 19.2. The number of fused-ring (bicyclic) bond motifs is 3. The third kappa shape index (κ3) is 19.6. The van der Waals surface area contributed by atoms with Crippen LogP contribution >= 0.6 is 21.6 Å². The number of H-pyrrole nitrogens is 2. The number of nitrogens with two attached hydrogens (primary N) is 3. The number of nitrogens with one attached hydrogen (secondary N) is 8. The molecule has 9 amide bonds. The molecule has 1 saturated heterocycles. The molecule has 8 atom stereocenters. The number of carbonyl (C=O) groups is 9. The lowest BCUT2D eigenvalue weighted by Crippen LogP contribution is -2.62. The smallest absolute Gasteiger partial charge is 0.245 e. The van der Waals surface area contributed by atoms with Crippen LogP contribution in [0.1, 0.15) is 54.0 Å². The van der Waals surface area contributed by atoms with Crippen molar-refractivity contribution in [3.05, 3.63) is 192 Å². The van der Waals surface area contributed by atoms with Crippen molar-refractivity contribution in [2.24, 2.45) is 17.2 Å². The number of unbranched alkanes of at least 4 members (excludes halogenated alkanes) is 1. The standard InChI is InChI=1S/C71H83N13O10S2/c1-44(85)64-69(92)81-61(36-46-19-6-3-7-20-46)71(94)83(42-62(74)86)31-33-95-96-34-32-84(70(93)54(73)37-48-23-16-22-47-21-8-9-24-51(47)48)43-63(87)77-58(35-45-17-4-2-5-18-45)66(89)79-60(39-50-41-76-56-28-13-11-26-53(50)56)68(91)80-59(38-49-40-75-55-27-12-10-25-52(49)55)67(90)78-57(65(88)82-64)29-14-15-30-72/h2-13,16-28,40-41,44,54,57-61,64,75-76,85H,14-15,29-39,42-43,72-73H2,1H3,(H2,74,86)(H,77,87)(H,78,90)(H,79,89)(H,80,91)(H,81,92)(H,82,88)/t44-,54+,57-,58+,59-,60-,61-,64+/m1/s1. The Kier molecular flexibility index (Phi) is 25.6. The summed E-state index contributed by atoms with van der Waals surface area (Å²) in [6, 6.07) is 36.1. The molecule has 0 bridgehead atoms. The number of primary amides is 1. The van der Waals surface area contributed by atoms with Crippen molar-refractivity contribution in [2.45, 2.75) is 107 Å². The number of benzene rings is 6. The predicted molar refractivity (Wildman–Crippen MR) is 373 cm³/mol. The van der Waals surface area contributed by atoms with Crippen LogP contribution in [0.25, 0.3) is 32.6 Å². The minimum absolute atomic E-state index is 0.00654. The highest BCUT2D eigenvalue weighted by molar-refractivity contribution is 8.76. The zero-order chi connectivity index (χ0) is 68.1. The maximum absolute atomic E-state index is 15.5. The number of aromatic nitrogens is 2. The van der Waals surface area contributed by atoms with Crippen LogP contribution in [0.3, 0.4) is 0 Å². The zero-order valence-electron chi connectivity index (χ0n) is 53.4. The minimum Gasteiger partial charge on any atom is -0.391 e. The highest BCUT2D eigenvalue weighted by Gasteiger charge is 2.37.